The minimum atomic E-state index is -0.471. The maximum Gasteiger partial charge on any atom is 0.240 e. The van der Waals surface area contributed by atoms with E-state index in [2.05, 4.69) is 15.6 Å². The standard InChI is InChI=1S/C18H19N3O3S/c1-11-5-6-14(12(2)8-11)20-16(22)9-15-17(23)21-18(25-15)19-10-13-4-3-7-24-13/h3-8,15H,9-10H2,1-2H3,(H,20,22)(H,19,21,23)/t15-/m0/s1. The van der Waals surface area contributed by atoms with Gasteiger partial charge >= 0.3 is 0 Å². The Bertz CT molecular complexity index is 815. The molecule has 6 nitrogen and oxygen atoms in total. The van der Waals surface area contributed by atoms with E-state index in [1.54, 1.807) is 12.3 Å². The van der Waals surface area contributed by atoms with E-state index in [9.17, 15) is 9.59 Å². The van der Waals surface area contributed by atoms with Crippen LogP contribution < -0.4 is 10.6 Å². The lowest BCUT2D eigenvalue weighted by molar-refractivity contribution is -0.122. The highest BCUT2D eigenvalue weighted by Gasteiger charge is 2.32. The van der Waals surface area contributed by atoms with Gasteiger partial charge < -0.3 is 15.1 Å². The van der Waals surface area contributed by atoms with E-state index in [1.165, 1.54) is 11.8 Å². The molecule has 0 unspecified atom stereocenters. The topological polar surface area (TPSA) is 83.7 Å². The quantitative estimate of drug-likeness (QED) is 0.861. The van der Waals surface area contributed by atoms with E-state index in [0.29, 0.717) is 11.7 Å². The molecule has 1 fully saturated rings. The molecule has 2 amide bonds. The predicted octanol–water partition coefficient (Wildman–Crippen LogP) is 3.01. The van der Waals surface area contributed by atoms with Gasteiger partial charge in [-0.15, -0.1) is 0 Å². The van der Waals surface area contributed by atoms with Crippen LogP contribution in [0.1, 0.15) is 23.3 Å². The van der Waals surface area contributed by atoms with Crippen molar-refractivity contribution in [3.8, 4) is 0 Å². The first kappa shape index (κ1) is 17.3. The van der Waals surface area contributed by atoms with Crippen molar-refractivity contribution in [2.75, 3.05) is 5.32 Å². The molecule has 2 heterocycles. The molecule has 1 aromatic heterocycles. The van der Waals surface area contributed by atoms with Gasteiger partial charge in [0.15, 0.2) is 5.17 Å². The number of nitrogens with zero attached hydrogens (tertiary/aromatic N) is 1. The van der Waals surface area contributed by atoms with Gasteiger partial charge in [0.1, 0.15) is 11.0 Å². The number of furan rings is 1. The molecule has 2 aromatic rings. The van der Waals surface area contributed by atoms with Gasteiger partial charge in [0.05, 0.1) is 12.8 Å². The lowest BCUT2D eigenvalue weighted by Gasteiger charge is -2.10. The van der Waals surface area contributed by atoms with Gasteiger partial charge in [-0.1, -0.05) is 29.5 Å². The maximum atomic E-state index is 12.2. The summed E-state index contributed by atoms with van der Waals surface area (Å²) in [6.07, 6.45) is 1.68. The highest BCUT2D eigenvalue weighted by molar-refractivity contribution is 8.15. The van der Waals surface area contributed by atoms with Crippen molar-refractivity contribution in [1.29, 1.82) is 0 Å². The second-order valence-electron chi connectivity index (χ2n) is 5.87. The number of amides is 2. The Morgan fingerprint density at radius 1 is 1.36 bits per heavy atom. The average molecular weight is 357 g/mol. The maximum absolute atomic E-state index is 12.2. The summed E-state index contributed by atoms with van der Waals surface area (Å²) < 4.78 is 5.20. The summed E-state index contributed by atoms with van der Waals surface area (Å²) >= 11 is 1.27. The molecule has 0 saturated carbocycles. The van der Waals surface area contributed by atoms with E-state index >= 15 is 0 Å². The van der Waals surface area contributed by atoms with E-state index in [0.717, 1.165) is 22.6 Å². The summed E-state index contributed by atoms with van der Waals surface area (Å²) in [5.41, 5.74) is 2.90. The fraction of sp³-hybridized carbons (Fsp3) is 0.278. The number of carbonyl (C=O) groups excluding carboxylic acids is 2. The predicted molar refractivity (Wildman–Crippen MR) is 98.5 cm³/mol. The van der Waals surface area contributed by atoms with Crippen LogP contribution in [0.5, 0.6) is 0 Å². The van der Waals surface area contributed by atoms with Crippen LogP contribution in [0.3, 0.4) is 0 Å². The fourth-order valence-corrected chi connectivity index (χ4v) is 3.46. The molecule has 1 atom stereocenters. The molecule has 1 aliphatic rings. The van der Waals surface area contributed by atoms with Gasteiger partial charge in [-0.05, 0) is 37.6 Å². The molecule has 1 aliphatic heterocycles. The molecule has 130 valence electrons. The molecule has 0 spiro atoms. The molecule has 7 heteroatoms. The summed E-state index contributed by atoms with van der Waals surface area (Å²) in [5, 5.41) is 5.62. The summed E-state index contributed by atoms with van der Waals surface area (Å²) in [7, 11) is 0. The fourth-order valence-electron chi connectivity index (χ4n) is 2.49. The monoisotopic (exact) mass is 357 g/mol. The van der Waals surface area contributed by atoms with E-state index in [4.69, 9.17) is 4.42 Å². The minimum absolute atomic E-state index is 0.101. The lowest BCUT2D eigenvalue weighted by atomic mass is 10.1. The third-order valence-corrected chi connectivity index (χ3v) is 4.88. The molecule has 1 aromatic carbocycles. The molecule has 0 radical (unpaired) electrons. The third-order valence-electron chi connectivity index (χ3n) is 3.76. The number of anilines is 1. The number of hydrogen-bond donors (Lipinski definition) is 2. The first-order valence-corrected chi connectivity index (χ1v) is 8.80. The van der Waals surface area contributed by atoms with Gasteiger partial charge in [-0.3, -0.25) is 14.6 Å². The van der Waals surface area contributed by atoms with Crippen LogP contribution in [-0.4, -0.2) is 22.2 Å². The van der Waals surface area contributed by atoms with Crippen molar-refractivity contribution < 1.29 is 14.0 Å². The van der Waals surface area contributed by atoms with E-state index < -0.39 is 5.25 Å². The van der Waals surface area contributed by atoms with Gasteiger partial charge in [-0.25, -0.2) is 0 Å². The lowest BCUT2D eigenvalue weighted by Crippen LogP contribution is -2.28. The van der Waals surface area contributed by atoms with Crippen molar-refractivity contribution in [3.05, 3.63) is 53.5 Å². The minimum Gasteiger partial charge on any atom is -0.467 e. The number of hydrogen-bond acceptors (Lipinski definition) is 5. The highest BCUT2D eigenvalue weighted by atomic mass is 32.2. The normalized spacial score (nSPS) is 18.4. The molecule has 0 aliphatic carbocycles. The third kappa shape index (κ3) is 4.51. The van der Waals surface area contributed by atoms with Crippen molar-refractivity contribution in [3.63, 3.8) is 0 Å². The number of aryl methyl sites for hydroxylation is 2. The summed E-state index contributed by atoms with van der Waals surface area (Å²) in [6, 6.07) is 9.43. The number of rotatable bonds is 5. The average Bonchev–Trinajstić information content (AvgIpc) is 3.18. The second-order valence-corrected chi connectivity index (χ2v) is 7.06. The van der Waals surface area contributed by atoms with Crippen LogP contribution in [-0.2, 0) is 16.1 Å². The van der Waals surface area contributed by atoms with Crippen molar-refractivity contribution in [1.82, 2.24) is 5.32 Å². The van der Waals surface area contributed by atoms with Gasteiger partial charge in [0.25, 0.3) is 0 Å². The van der Waals surface area contributed by atoms with Gasteiger partial charge in [0.2, 0.25) is 11.8 Å². The van der Waals surface area contributed by atoms with Crippen LogP contribution >= 0.6 is 11.8 Å². The number of benzene rings is 1. The highest BCUT2D eigenvalue weighted by Crippen LogP contribution is 2.24. The van der Waals surface area contributed by atoms with Crippen LogP contribution in [0, 0.1) is 13.8 Å². The Hall–Kier alpha value is -2.54. The zero-order valence-electron chi connectivity index (χ0n) is 14.0. The number of nitrogens with one attached hydrogen (secondary N) is 2. The summed E-state index contributed by atoms with van der Waals surface area (Å²) in [6.45, 7) is 4.30. The first-order valence-electron chi connectivity index (χ1n) is 7.93. The molecule has 25 heavy (non-hydrogen) atoms. The zero-order valence-corrected chi connectivity index (χ0v) is 14.9. The largest absolute Gasteiger partial charge is 0.467 e. The van der Waals surface area contributed by atoms with Crippen LogP contribution in [0.25, 0.3) is 0 Å². The van der Waals surface area contributed by atoms with Crippen LogP contribution in [0.2, 0.25) is 0 Å². The van der Waals surface area contributed by atoms with Gasteiger partial charge in [-0.2, -0.15) is 0 Å². The number of carbonyl (C=O) groups is 2. The SMILES string of the molecule is Cc1ccc(NC(=O)C[C@@H]2SC(=NCc3ccco3)NC2=O)c(C)c1. The van der Waals surface area contributed by atoms with Crippen LogP contribution in [0.15, 0.2) is 46.0 Å². The molecule has 0 bridgehead atoms. The zero-order chi connectivity index (χ0) is 17.8. The van der Waals surface area contributed by atoms with E-state index in [-0.39, 0.29) is 18.2 Å². The molecular formula is C18H19N3O3S. The first-order chi connectivity index (χ1) is 12.0. The Morgan fingerprint density at radius 2 is 2.20 bits per heavy atom. The Kier molecular flexibility index (Phi) is 5.23. The smallest absolute Gasteiger partial charge is 0.240 e. The van der Waals surface area contributed by atoms with Crippen molar-refractivity contribution >= 4 is 34.4 Å². The second kappa shape index (κ2) is 7.57. The Morgan fingerprint density at radius 3 is 2.92 bits per heavy atom. The number of thioether (sulfide) groups is 1. The molecule has 3 rings (SSSR count). The van der Waals surface area contributed by atoms with Crippen LogP contribution in [0.4, 0.5) is 5.69 Å². The number of aliphatic imine (C=N–C) groups is 1. The van der Waals surface area contributed by atoms with Crippen molar-refractivity contribution in [2.24, 2.45) is 4.99 Å². The Labute approximate surface area is 150 Å². The van der Waals surface area contributed by atoms with Gasteiger partial charge in [0, 0.05) is 12.1 Å². The Balaban J connectivity index is 1.56. The summed E-state index contributed by atoms with van der Waals surface area (Å²) in [4.78, 5) is 28.6. The number of amidine groups is 1. The summed E-state index contributed by atoms with van der Waals surface area (Å²) in [5.74, 6) is 0.337. The van der Waals surface area contributed by atoms with E-state index in [1.807, 2.05) is 38.1 Å². The molecule has 1 saturated heterocycles. The van der Waals surface area contributed by atoms with Crippen molar-refractivity contribution in [2.45, 2.75) is 32.1 Å². The molecule has 2 N–H and O–H groups in total. The molecular weight excluding hydrogens is 338 g/mol.